The normalized spacial score (nSPS) is 18.5. The third-order valence-corrected chi connectivity index (χ3v) is 6.49. The van der Waals surface area contributed by atoms with Crippen molar-refractivity contribution < 1.29 is 17.6 Å². The largest absolute Gasteiger partial charge is 0.324 e. The van der Waals surface area contributed by atoms with Gasteiger partial charge >= 0.3 is 0 Å². The number of aryl methyl sites for hydroxylation is 1. The van der Waals surface area contributed by atoms with Gasteiger partial charge in [-0.25, -0.2) is 12.8 Å². The molecule has 1 atom stereocenters. The fraction of sp³-hybridized carbons (Fsp3) is 0.316. The summed E-state index contributed by atoms with van der Waals surface area (Å²) in [6.07, 6.45) is 1.90. The Labute approximate surface area is 152 Å². The van der Waals surface area contributed by atoms with Gasteiger partial charge in [-0.1, -0.05) is 30.7 Å². The summed E-state index contributed by atoms with van der Waals surface area (Å²) in [5, 5.41) is 2.69. The number of carbonyl (C=O) groups excluding carboxylic acids is 1. The fourth-order valence-electron chi connectivity index (χ4n) is 3.13. The number of anilines is 1. The van der Waals surface area contributed by atoms with Crippen LogP contribution >= 0.6 is 0 Å². The highest BCUT2D eigenvalue weighted by molar-refractivity contribution is 7.89. The quantitative estimate of drug-likeness (QED) is 0.890. The molecule has 3 rings (SSSR count). The molecule has 1 fully saturated rings. The summed E-state index contributed by atoms with van der Waals surface area (Å²) in [5.74, 6) is -0.888. The molecule has 0 bridgehead atoms. The van der Waals surface area contributed by atoms with Gasteiger partial charge in [-0.15, -0.1) is 0 Å². The van der Waals surface area contributed by atoms with Crippen LogP contribution in [0, 0.1) is 12.7 Å². The van der Waals surface area contributed by atoms with Crippen LogP contribution in [0.4, 0.5) is 10.1 Å². The molecule has 0 aliphatic carbocycles. The number of nitrogens with one attached hydrogen (secondary N) is 1. The van der Waals surface area contributed by atoms with E-state index in [1.165, 1.54) is 28.6 Å². The molecule has 0 spiro atoms. The second-order valence-electron chi connectivity index (χ2n) is 6.39. The first-order valence-corrected chi connectivity index (χ1v) is 9.97. The second kappa shape index (κ2) is 7.55. The van der Waals surface area contributed by atoms with Crippen molar-refractivity contribution in [3.05, 3.63) is 59.9 Å². The van der Waals surface area contributed by atoms with Gasteiger partial charge < -0.3 is 5.32 Å². The van der Waals surface area contributed by atoms with Crippen molar-refractivity contribution in [3.63, 3.8) is 0 Å². The van der Waals surface area contributed by atoms with E-state index in [1.54, 1.807) is 31.2 Å². The minimum absolute atomic E-state index is 0.168. The van der Waals surface area contributed by atoms with Crippen LogP contribution < -0.4 is 5.32 Å². The minimum Gasteiger partial charge on any atom is -0.324 e. The maximum atomic E-state index is 13.5. The highest BCUT2D eigenvalue weighted by atomic mass is 32.2. The van der Waals surface area contributed by atoms with Crippen LogP contribution in [0.25, 0.3) is 0 Å². The summed E-state index contributed by atoms with van der Waals surface area (Å²) in [4.78, 5) is 12.9. The van der Waals surface area contributed by atoms with Crippen molar-refractivity contribution in [1.29, 1.82) is 0 Å². The predicted molar refractivity (Wildman–Crippen MR) is 97.7 cm³/mol. The van der Waals surface area contributed by atoms with Gasteiger partial charge in [0.15, 0.2) is 0 Å². The lowest BCUT2D eigenvalue weighted by atomic mass is 10.0. The molecule has 1 N–H and O–H groups in total. The molecule has 2 aromatic rings. The third-order valence-electron chi connectivity index (χ3n) is 4.56. The highest BCUT2D eigenvalue weighted by Crippen LogP contribution is 2.27. The molecule has 7 heteroatoms. The Morgan fingerprint density at radius 3 is 2.62 bits per heavy atom. The average molecular weight is 376 g/mol. The zero-order valence-electron chi connectivity index (χ0n) is 14.5. The van der Waals surface area contributed by atoms with Crippen molar-refractivity contribution >= 4 is 21.6 Å². The van der Waals surface area contributed by atoms with E-state index in [4.69, 9.17) is 0 Å². The molecule has 1 heterocycles. The number of carbonyl (C=O) groups is 1. The molecule has 0 radical (unpaired) electrons. The summed E-state index contributed by atoms with van der Waals surface area (Å²) < 4.78 is 40.7. The first-order chi connectivity index (χ1) is 12.4. The number of amides is 1. The Morgan fingerprint density at radius 2 is 1.88 bits per heavy atom. The average Bonchev–Trinajstić information content (AvgIpc) is 2.65. The van der Waals surface area contributed by atoms with Crippen LogP contribution in [-0.2, 0) is 14.8 Å². The first-order valence-electron chi connectivity index (χ1n) is 8.53. The maximum absolute atomic E-state index is 13.5. The third kappa shape index (κ3) is 3.78. The van der Waals surface area contributed by atoms with Crippen LogP contribution in [-0.4, -0.2) is 31.2 Å². The van der Waals surface area contributed by atoms with E-state index in [9.17, 15) is 17.6 Å². The fourth-order valence-corrected chi connectivity index (χ4v) is 4.80. The van der Waals surface area contributed by atoms with Crippen molar-refractivity contribution in [2.24, 2.45) is 0 Å². The first kappa shape index (κ1) is 18.5. The van der Waals surface area contributed by atoms with Gasteiger partial charge in [-0.3, -0.25) is 4.79 Å². The zero-order chi connectivity index (χ0) is 18.7. The maximum Gasteiger partial charge on any atom is 0.243 e. The molecule has 138 valence electrons. The molecule has 1 aliphatic rings. The molecule has 1 amide bonds. The zero-order valence-corrected chi connectivity index (χ0v) is 15.3. The van der Waals surface area contributed by atoms with Crippen molar-refractivity contribution in [2.75, 3.05) is 11.9 Å². The second-order valence-corrected chi connectivity index (χ2v) is 8.28. The Kier molecular flexibility index (Phi) is 5.38. The number of benzene rings is 2. The van der Waals surface area contributed by atoms with E-state index in [0.717, 1.165) is 6.42 Å². The molecule has 1 saturated heterocycles. The Morgan fingerprint density at radius 1 is 1.15 bits per heavy atom. The topological polar surface area (TPSA) is 66.5 Å². The number of hydrogen-bond donors (Lipinski definition) is 1. The minimum atomic E-state index is -3.77. The molecule has 0 saturated carbocycles. The van der Waals surface area contributed by atoms with Crippen molar-refractivity contribution in [2.45, 2.75) is 37.1 Å². The van der Waals surface area contributed by atoms with Crippen LogP contribution in [0.2, 0.25) is 0 Å². The van der Waals surface area contributed by atoms with E-state index in [2.05, 4.69) is 5.32 Å². The Bertz CT molecular complexity index is 900. The van der Waals surface area contributed by atoms with Crippen LogP contribution in [0.15, 0.2) is 53.4 Å². The monoisotopic (exact) mass is 376 g/mol. The molecule has 1 unspecified atom stereocenters. The predicted octanol–water partition coefficient (Wildman–Crippen LogP) is 3.32. The molecule has 0 aromatic heterocycles. The van der Waals surface area contributed by atoms with Gasteiger partial charge in [-0.2, -0.15) is 4.31 Å². The Hall–Kier alpha value is -2.25. The van der Waals surface area contributed by atoms with E-state index in [-0.39, 0.29) is 11.4 Å². The number of sulfonamides is 1. The molecule has 5 nitrogen and oxygen atoms in total. The SMILES string of the molecule is Cc1ccc(F)cc1NC(=O)C1CCCCN1S(=O)(=O)c1ccccc1. The number of nitrogens with zero attached hydrogens (tertiary/aromatic N) is 1. The van der Waals surface area contributed by atoms with E-state index >= 15 is 0 Å². The molecular weight excluding hydrogens is 355 g/mol. The lowest BCUT2D eigenvalue weighted by molar-refractivity contribution is -0.120. The summed E-state index contributed by atoms with van der Waals surface area (Å²) in [7, 11) is -3.77. The molecule has 26 heavy (non-hydrogen) atoms. The van der Waals surface area contributed by atoms with Crippen LogP contribution in [0.3, 0.4) is 0 Å². The van der Waals surface area contributed by atoms with Crippen molar-refractivity contribution in [1.82, 2.24) is 4.31 Å². The van der Waals surface area contributed by atoms with Gasteiger partial charge in [0.05, 0.1) is 4.90 Å². The van der Waals surface area contributed by atoms with E-state index < -0.39 is 27.8 Å². The number of hydrogen-bond acceptors (Lipinski definition) is 3. The summed E-state index contributed by atoms with van der Waals surface area (Å²) in [6.45, 7) is 2.05. The van der Waals surface area contributed by atoms with Gasteiger partial charge in [-0.05, 0) is 49.6 Å². The number of piperidine rings is 1. The van der Waals surface area contributed by atoms with E-state index in [0.29, 0.717) is 24.1 Å². The van der Waals surface area contributed by atoms with E-state index in [1.807, 2.05) is 0 Å². The molecule has 2 aromatic carbocycles. The van der Waals surface area contributed by atoms with Gasteiger partial charge in [0.25, 0.3) is 0 Å². The smallest absolute Gasteiger partial charge is 0.243 e. The van der Waals surface area contributed by atoms with Gasteiger partial charge in [0.2, 0.25) is 15.9 Å². The van der Waals surface area contributed by atoms with Crippen molar-refractivity contribution in [3.8, 4) is 0 Å². The standard InChI is InChI=1S/C19H21FN2O3S/c1-14-10-11-15(20)13-17(14)21-19(23)18-9-5-6-12-22(18)26(24,25)16-7-3-2-4-8-16/h2-4,7-8,10-11,13,18H,5-6,9,12H2,1H3,(H,21,23). The van der Waals surface area contributed by atoms with Gasteiger partial charge in [0.1, 0.15) is 11.9 Å². The van der Waals surface area contributed by atoms with Crippen LogP contribution in [0.5, 0.6) is 0 Å². The lowest BCUT2D eigenvalue weighted by Crippen LogP contribution is -2.49. The lowest BCUT2D eigenvalue weighted by Gasteiger charge is -2.33. The number of rotatable bonds is 4. The van der Waals surface area contributed by atoms with Gasteiger partial charge in [0, 0.05) is 12.2 Å². The Balaban J connectivity index is 1.87. The highest BCUT2D eigenvalue weighted by Gasteiger charge is 2.37. The molecular formula is C19H21FN2O3S. The summed E-state index contributed by atoms with van der Waals surface area (Å²) >= 11 is 0. The molecule has 1 aliphatic heterocycles. The number of halogens is 1. The summed E-state index contributed by atoms with van der Waals surface area (Å²) in [6, 6.07) is 11.4. The van der Waals surface area contributed by atoms with Crippen LogP contribution in [0.1, 0.15) is 24.8 Å². The summed E-state index contributed by atoms with van der Waals surface area (Å²) in [5.41, 5.74) is 1.07.